The van der Waals surface area contributed by atoms with E-state index in [1.54, 1.807) is 53.4 Å². The van der Waals surface area contributed by atoms with Crippen molar-refractivity contribution in [3.05, 3.63) is 48.5 Å². The summed E-state index contributed by atoms with van der Waals surface area (Å²) in [7, 11) is 4.03. The molecule has 2 rings (SSSR count). The molecular weight excluding hydrogens is 304 g/mol. The van der Waals surface area contributed by atoms with Crippen LogP contribution in [0, 0.1) is 0 Å². The molecule has 0 spiro atoms. The van der Waals surface area contributed by atoms with Gasteiger partial charge in [-0.15, -0.1) is 0 Å². The van der Waals surface area contributed by atoms with Crippen molar-refractivity contribution in [2.45, 2.75) is 19.3 Å². The third-order valence-corrected chi connectivity index (χ3v) is 3.71. The Morgan fingerprint density at radius 1 is 0.833 bits per heavy atom. The van der Waals surface area contributed by atoms with Crippen molar-refractivity contribution in [3.8, 4) is 11.5 Å². The second kappa shape index (κ2) is 8.36. The van der Waals surface area contributed by atoms with Crippen LogP contribution in [0.2, 0.25) is 0 Å². The van der Waals surface area contributed by atoms with E-state index in [4.69, 9.17) is 0 Å². The van der Waals surface area contributed by atoms with Crippen LogP contribution in [0.4, 0.5) is 11.4 Å². The van der Waals surface area contributed by atoms with Crippen molar-refractivity contribution < 1.29 is 15.0 Å². The van der Waals surface area contributed by atoms with Crippen LogP contribution in [-0.2, 0) is 4.79 Å². The number of nitrogens with zero attached hydrogens (tertiary/aromatic N) is 2. The molecule has 5 nitrogen and oxygen atoms in total. The first-order valence-electron chi connectivity index (χ1n) is 8.03. The fourth-order valence-electron chi connectivity index (χ4n) is 2.46. The second-order valence-electron chi connectivity index (χ2n) is 6.02. The summed E-state index contributed by atoms with van der Waals surface area (Å²) in [5.74, 6) is 0.302. The molecule has 0 unspecified atom stereocenters. The fourth-order valence-corrected chi connectivity index (χ4v) is 2.46. The second-order valence-corrected chi connectivity index (χ2v) is 6.02. The normalized spacial score (nSPS) is 10.8. The van der Waals surface area contributed by atoms with Gasteiger partial charge in [-0.2, -0.15) is 0 Å². The molecule has 2 aromatic carbocycles. The van der Waals surface area contributed by atoms with Crippen molar-refractivity contribution in [1.29, 1.82) is 0 Å². The number of hydrogen-bond donors (Lipinski definition) is 2. The zero-order valence-corrected chi connectivity index (χ0v) is 14.1. The van der Waals surface area contributed by atoms with Gasteiger partial charge in [0.15, 0.2) is 0 Å². The third kappa shape index (κ3) is 4.99. The minimum atomic E-state index is -0.00913. The van der Waals surface area contributed by atoms with Gasteiger partial charge in [-0.1, -0.05) is 0 Å². The lowest BCUT2D eigenvalue weighted by Gasteiger charge is -2.23. The number of phenols is 2. The summed E-state index contributed by atoms with van der Waals surface area (Å²) in [5, 5.41) is 18.9. The maximum atomic E-state index is 12.7. The van der Waals surface area contributed by atoms with Crippen LogP contribution in [0.5, 0.6) is 11.5 Å². The van der Waals surface area contributed by atoms with Crippen molar-refractivity contribution in [3.63, 3.8) is 0 Å². The highest BCUT2D eigenvalue weighted by molar-refractivity contribution is 6.00. The van der Waals surface area contributed by atoms with E-state index in [2.05, 4.69) is 4.90 Å². The van der Waals surface area contributed by atoms with Gasteiger partial charge in [-0.05, 0) is 82.0 Å². The van der Waals surface area contributed by atoms with Crippen LogP contribution in [0.1, 0.15) is 19.3 Å². The zero-order valence-electron chi connectivity index (χ0n) is 14.1. The van der Waals surface area contributed by atoms with E-state index in [1.165, 1.54) is 0 Å². The molecule has 0 heterocycles. The summed E-state index contributed by atoms with van der Waals surface area (Å²) in [6.45, 7) is 0.950. The SMILES string of the molecule is CN(C)CCCCC(=O)N(c1ccc(O)cc1)c1ccc(O)cc1. The first kappa shape index (κ1) is 17.8. The summed E-state index contributed by atoms with van der Waals surface area (Å²) in [4.78, 5) is 16.5. The number of unbranched alkanes of at least 4 members (excludes halogenated alkanes) is 1. The summed E-state index contributed by atoms with van der Waals surface area (Å²) in [5.41, 5.74) is 1.38. The molecule has 5 heteroatoms. The van der Waals surface area contributed by atoms with Crippen molar-refractivity contribution >= 4 is 17.3 Å². The van der Waals surface area contributed by atoms with E-state index in [0.29, 0.717) is 17.8 Å². The van der Waals surface area contributed by atoms with Gasteiger partial charge < -0.3 is 15.1 Å². The van der Waals surface area contributed by atoms with E-state index in [1.807, 2.05) is 14.1 Å². The number of hydrogen-bond acceptors (Lipinski definition) is 4. The molecule has 2 aromatic rings. The Bertz CT molecular complexity index is 606. The van der Waals surface area contributed by atoms with Gasteiger partial charge in [0.2, 0.25) is 5.91 Å². The largest absolute Gasteiger partial charge is 0.508 e. The molecule has 2 N–H and O–H groups in total. The van der Waals surface area contributed by atoms with Gasteiger partial charge >= 0.3 is 0 Å². The van der Waals surface area contributed by atoms with Crippen molar-refractivity contribution in [2.75, 3.05) is 25.5 Å². The number of benzene rings is 2. The number of phenolic OH excluding ortho intramolecular Hbond substituents is 2. The Kier molecular flexibility index (Phi) is 6.21. The van der Waals surface area contributed by atoms with Gasteiger partial charge in [0.05, 0.1) is 0 Å². The fraction of sp³-hybridized carbons (Fsp3) is 0.316. The van der Waals surface area contributed by atoms with Crippen LogP contribution >= 0.6 is 0 Å². The Balaban J connectivity index is 2.17. The molecule has 0 fully saturated rings. The highest BCUT2D eigenvalue weighted by Crippen LogP contribution is 2.29. The molecule has 0 saturated heterocycles. The van der Waals surface area contributed by atoms with Gasteiger partial charge in [-0.25, -0.2) is 0 Å². The Labute approximate surface area is 142 Å². The minimum absolute atomic E-state index is 0.00913. The molecule has 0 aliphatic heterocycles. The summed E-state index contributed by atoms with van der Waals surface area (Å²) in [6.07, 6.45) is 2.21. The Morgan fingerprint density at radius 3 is 1.71 bits per heavy atom. The van der Waals surface area contributed by atoms with Crippen molar-refractivity contribution in [2.24, 2.45) is 0 Å². The average molecular weight is 328 g/mol. The maximum absolute atomic E-state index is 12.7. The molecule has 1 amide bonds. The van der Waals surface area contributed by atoms with Gasteiger partial charge in [0.1, 0.15) is 11.5 Å². The molecule has 128 valence electrons. The average Bonchev–Trinajstić information content (AvgIpc) is 2.55. The number of amides is 1. The van der Waals surface area contributed by atoms with Crippen LogP contribution in [0.15, 0.2) is 48.5 Å². The number of carbonyl (C=O) groups is 1. The first-order chi connectivity index (χ1) is 11.5. The number of rotatable bonds is 7. The van der Waals surface area contributed by atoms with E-state index < -0.39 is 0 Å². The molecule has 0 aliphatic rings. The predicted octanol–water partition coefficient (Wildman–Crippen LogP) is 3.49. The summed E-state index contributed by atoms with van der Waals surface area (Å²) in [6, 6.07) is 13.1. The van der Waals surface area contributed by atoms with E-state index >= 15 is 0 Å². The van der Waals surface area contributed by atoms with Crippen molar-refractivity contribution in [1.82, 2.24) is 4.90 Å². The van der Waals surface area contributed by atoms with E-state index in [0.717, 1.165) is 19.4 Å². The number of anilines is 2. The molecule has 0 bridgehead atoms. The predicted molar refractivity (Wildman–Crippen MR) is 95.8 cm³/mol. The Morgan fingerprint density at radius 2 is 1.29 bits per heavy atom. The standard InChI is InChI=1S/C19H24N2O3/c1-20(2)14-4-3-5-19(24)21(15-6-10-17(22)11-7-15)16-8-12-18(23)13-9-16/h6-13,22-23H,3-5,14H2,1-2H3. The monoisotopic (exact) mass is 328 g/mol. The lowest BCUT2D eigenvalue weighted by molar-refractivity contribution is -0.118. The molecular formula is C19H24N2O3. The summed E-state index contributed by atoms with van der Waals surface area (Å²) < 4.78 is 0. The van der Waals surface area contributed by atoms with Crippen LogP contribution in [0.3, 0.4) is 0 Å². The highest BCUT2D eigenvalue weighted by atomic mass is 16.3. The van der Waals surface area contributed by atoms with Gasteiger partial charge in [-0.3, -0.25) is 9.69 Å². The highest BCUT2D eigenvalue weighted by Gasteiger charge is 2.17. The Hall–Kier alpha value is -2.53. The molecule has 0 saturated carbocycles. The zero-order chi connectivity index (χ0) is 17.5. The van der Waals surface area contributed by atoms with Crippen LogP contribution in [-0.4, -0.2) is 41.7 Å². The van der Waals surface area contributed by atoms with Crippen LogP contribution < -0.4 is 4.90 Å². The van der Waals surface area contributed by atoms with E-state index in [-0.39, 0.29) is 17.4 Å². The maximum Gasteiger partial charge on any atom is 0.231 e. The first-order valence-corrected chi connectivity index (χ1v) is 8.03. The molecule has 0 atom stereocenters. The molecule has 0 radical (unpaired) electrons. The topological polar surface area (TPSA) is 64.0 Å². The summed E-state index contributed by atoms with van der Waals surface area (Å²) >= 11 is 0. The van der Waals surface area contributed by atoms with E-state index in [9.17, 15) is 15.0 Å². The lowest BCUT2D eigenvalue weighted by Crippen LogP contribution is -2.25. The minimum Gasteiger partial charge on any atom is -0.508 e. The smallest absolute Gasteiger partial charge is 0.231 e. The molecule has 0 aromatic heterocycles. The quantitative estimate of drug-likeness (QED) is 0.764. The molecule has 24 heavy (non-hydrogen) atoms. The van der Waals surface area contributed by atoms with Crippen LogP contribution in [0.25, 0.3) is 0 Å². The number of aromatic hydroxyl groups is 2. The lowest BCUT2D eigenvalue weighted by atomic mass is 10.1. The third-order valence-electron chi connectivity index (χ3n) is 3.71. The van der Waals surface area contributed by atoms with Gasteiger partial charge in [0, 0.05) is 17.8 Å². The molecule has 0 aliphatic carbocycles. The number of carbonyl (C=O) groups excluding carboxylic acids is 1. The van der Waals surface area contributed by atoms with Gasteiger partial charge in [0.25, 0.3) is 0 Å².